The molecule has 0 spiro atoms. The zero-order valence-corrected chi connectivity index (χ0v) is 9.89. The van der Waals surface area contributed by atoms with Gasteiger partial charge in [-0.25, -0.2) is 0 Å². The van der Waals surface area contributed by atoms with E-state index in [0.29, 0.717) is 6.42 Å². The molecule has 0 saturated carbocycles. The molecule has 90 valence electrons. The van der Waals surface area contributed by atoms with Crippen molar-refractivity contribution in [3.05, 3.63) is 42.0 Å². The highest BCUT2D eigenvalue weighted by Crippen LogP contribution is 2.22. The molecule has 0 aromatic heterocycles. The molecule has 2 rings (SSSR count). The SMILES string of the molecule is COc1ccc2cc(CC(N)CO)ccc2c1. The van der Waals surface area contributed by atoms with E-state index >= 15 is 0 Å². The van der Waals surface area contributed by atoms with Crippen LogP contribution in [0.25, 0.3) is 10.8 Å². The predicted octanol–water partition coefficient (Wildman–Crippen LogP) is 1.71. The fraction of sp³-hybridized carbons (Fsp3) is 0.286. The van der Waals surface area contributed by atoms with Crippen molar-refractivity contribution in [3.63, 3.8) is 0 Å². The minimum Gasteiger partial charge on any atom is -0.497 e. The van der Waals surface area contributed by atoms with Gasteiger partial charge in [0.2, 0.25) is 0 Å². The van der Waals surface area contributed by atoms with Gasteiger partial charge in [0.05, 0.1) is 13.7 Å². The third kappa shape index (κ3) is 2.75. The first kappa shape index (κ1) is 11.9. The average molecular weight is 231 g/mol. The van der Waals surface area contributed by atoms with Crippen LogP contribution in [0.5, 0.6) is 5.75 Å². The number of nitrogens with two attached hydrogens (primary N) is 1. The van der Waals surface area contributed by atoms with Crippen molar-refractivity contribution in [2.24, 2.45) is 5.73 Å². The van der Waals surface area contributed by atoms with E-state index in [9.17, 15) is 0 Å². The first-order chi connectivity index (χ1) is 8.22. The van der Waals surface area contributed by atoms with Crippen LogP contribution in [0.2, 0.25) is 0 Å². The van der Waals surface area contributed by atoms with Crippen LogP contribution in [-0.4, -0.2) is 24.9 Å². The minimum atomic E-state index is -0.189. The maximum atomic E-state index is 8.94. The van der Waals surface area contributed by atoms with Crippen molar-refractivity contribution in [3.8, 4) is 5.75 Å². The Balaban J connectivity index is 2.31. The molecule has 1 atom stereocenters. The van der Waals surface area contributed by atoms with Gasteiger partial charge in [-0.15, -0.1) is 0 Å². The van der Waals surface area contributed by atoms with Crippen molar-refractivity contribution >= 4 is 10.8 Å². The normalized spacial score (nSPS) is 12.6. The molecular formula is C14H17NO2. The van der Waals surface area contributed by atoms with E-state index in [1.54, 1.807) is 7.11 Å². The molecule has 3 heteroatoms. The van der Waals surface area contributed by atoms with E-state index in [4.69, 9.17) is 15.6 Å². The van der Waals surface area contributed by atoms with Crippen LogP contribution in [0.15, 0.2) is 36.4 Å². The van der Waals surface area contributed by atoms with Crippen LogP contribution in [0.4, 0.5) is 0 Å². The maximum Gasteiger partial charge on any atom is 0.119 e. The second kappa shape index (κ2) is 5.17. The number of fused-ring (bicyclic) bond motifs is 1. The van der Waals surface area contributed by atoms with Crippen molar-refractivity contribution in [1.82, 2.24) is 0 Å². The standard InChI is InChI=1S/C14H17NO2/c1-17-14-5-4-11-6-10(7-13(15)9-16)2-3-12(11)8-14/h2-6,8,13,16H,7,9,15H2,1H3. The number of hydrogen-bond donors (Lipinski definition) is 2. The lowest BCUT2D eigenvalue weighted by Gasteiger charge is -2.09. The van der Waals surface area contributed by atoms with Crippen molar-refractivity contribution < 1.29 is 9.84 Å². The van der Waals surface area contributed by atoms with E-state index in [-0.39, 0.29) is 12.6 Å². The summed E-state index contributed by atoms with van der Waals surface area (Å²) in [4.78, 5) is 0. The van der Waals surface area contributed by atoms with Crippen molar-refractivity contribution in [2.45, 2.75) is 12.5 Å². The molecule has 17 heavy (non-hydrogen) atoms. The van der Waals surface area contributed by atoms with Gasteiger partial charge in [-0.2, -0.15) is 0 Å². The topological polar surface area (TPSA) is 55.5 Å². The molecule has 0 saturated heterocycles. The van der Waals surface area contributed by atoms with E-state index in [0.717, 1.165) is 22.1 Å². The number of benzene rings is 2. The Labute approximate surface area is 101 Å². The minimum absolute atomic E-state index is 0.0145. The van der Waals surface area contributed by atoms with Gasteiger partial charge >= 0.3 is 0 Å². The van der Waals surface area contributed by atoms with E-state index in [1.165, 1.54) is 0 Å². The molecule has 2 aromatic carbocycles. The quantitative estimate of drug-likeness (QED) is 0.842. The maximum absolute atomic E-state index is 8.94. The molecule has 0 heterocycles. The lowest BCUT2D eigenvalue weighted by Crippen LogP contribution is -2.26. The Hall–Kier alpha value is -1.58. The van der Waals surface area contributed by atoms with Gasteiger partial charge in [0.1, 0.15) is 5.75 Å². The average Bonchev–Trinajstić information content (AvgIpc) is 2.38. The lowest BCUT2D eigenvalue weighted by atomic mass is 10.0. The Morgan fingerprint density at radius 2 is 1.88 bits per heavy atom. The number of rotatable bonds is 4. The van der Waals surface area contributed by atoms with E-state index < -0.39 is 0 Å². The zero-order chi connectivity index (χ0) is 12.3. The van der Waals surface area contributed by atoms with Gasteiger partial charge < -0.3 is 15.6 Å². The molecule has 0 radical (unpaired) electrons. The highest BCUT2D eigenvalue weighted by Gasteiger charge is 2.03. The number of ether oxygens (including phenoxy) is 1. The highest BCUT2D eigenvalue weighted by atomic mass is 16.5. The molecule has 0 bridgehead atoms. The molecule has 2 aromatic rings. The van der Waals surface area contributed by atoms with Crippen molar-refractivity contribution in [1.29, 1.82) is 0 Å². The molecular weight excluding hydrogens is 214 g/mol. The highest BCUT2D eigenvalue weighted by molar-refractivity contribution is 5.84. The summed E-state index contributed by atoms with van der Waals surface area (Å²) in [7, 11) is 1.66. The molecule has 0 amide bonds. The number of aliphatic hydroxyl groups is 1. The monoisotopic (exact) mass is 231 g/mol. The largest absolute Gasteiger partial charge is 0.497 e. The fourth-order valence-corrected chi connectivity index (χ4v) is 1.89. The van der Waals surface area contributed by atoms with Crippen LogP contribution >= 0.6 is 0 Å². The summed E-state index contributed by atoms with van der Waals surface area (Å²) in [6.07, 6.45) is 0.693. The summed E-state index contributed by atoms with van der Waals surface area (Å²) >= 11 is 0. The predicted molar refractivity (Wildman–Crippen MR) is 69.3 cm³/mol. The summed E-state index contributed by atoms with van der Waals surface area (Å²) in [5.74, 6) is 0.859. The number of methoxy groups -OCH3 is 1. The molecule has 0 aliphatic rings. The van der Waals surface area contributed by atoms with Crippen LogP contribution in [0.3, 0.4) is 0 Å². The van der Waals surface area contributed by atoms with Crippen LogP contribution in [-0.2, 0) is 6.42 Å². The van der Waals surface area contributed by atoms with E-state index in [2.05, 4.69) is 12.1 Å². The van der Waals surface area contributed by atoms with Gasteiger partial charge in [0, 0.05) is 6.04 Å². The Morgan fingerprint density at radius 3 is 2.59 bits per heavy atom. The molecule has 0 aliphatic carbocycles. The summed E-state index contributed by atoms with van der Waals surface area (Å²) in [5, 5.41) is 11.2. The van der Waals surface area contributed by atoms with Crippen LogP contribution < -0.4 is 10.5 Å². The molecule has 3 nitrogen and oxygen atoms in total. The lowest BCUT2D eigenvalue weighted by molar-refractivity contribution is 0.265. The second-order valence-electron chi connectivity index (χ2n) is 4.19. The van der Waals surface area contributed by atoms with Crippen molar-refractivity contribution in [2.75, 3.05) is 13.7 Å². The summed E-state index contributed by atoms with van der Waals surface area (Å²) in [6, 6.07) is 12.0. The number of hydrogen-bond acceptors (Lipinski definition) is 3. The smallest absolute Gasteiger partial charge is 0.119 e. The molecule has 3 N–H and O–H groups in total. The van der Waals surface area contributed by atoms with Gasteiger partial charge in [-0.05, 0) is 34.9 Å². The fourth-order valence-electron chi connectivity index (χ4n) is 1.89. The van der Waals surface area contributed by atoms with Gasteiger partial charge in [0.25, 0.3) is 0 Å². The van der Waals surface area contributed by atoms with Crippen LogP contribution in [0.1, 0.15) is 5.56 Å². The van der Waals surface area contributed by atoms with Gasteiger partial charge in [-0.1, -0.05) is 24.3 Å². The second-order valence-corrected chi connectivity index (χ2v) is 4.19. The van der Waals surface area contributed by atoms with Gasteiger partial charge in [-0.3, -0.25) is 0 Å². The zero-order valence-electron chi connectivity index (χ0n) is 9.89. The first-order valence-corrected chi connectivity index (χ1v) is 5.66. The third-order valence-electron chi connectivity index (χ3n) is 2.84. The Bertz CT molecular complexity index is 511. The molecule has 0 fully saturated rings. The van der Waals surface area contributed by atoms with E-state index in [1.807, 2.05) is 24.3 Å². The summed E-state index contributed by atoms with van der Waals surface area (Å²) in [6.45, 7) is 0.0145. The first-order valence-electron chi connectivity index (χ1n) is 5.66. The summed E-state index contributed by atoms with van der Waals surface area (Å²) in [5.41, 5.74) is 6.87. The molecule has 1 unspecified atom stereocenters. The third-order valence-corrected chi connectivity index (χ3v) is 2.84. The van der Waals surface area contributed by atoms with Crippen LogP contribution in [0, 0.1) is 0 Å². The molecule has 0 aliphatic heterocycles. The number of aliphatic hydroxyl groups excluding tert-OH is 1. The summed E-state index contributed by atoms with van der Waals surface area (Å²) < 4.78 is 5.18. The Kier molecular flexibility index (Phi) is 3.61. The van der Waals surface area contributed by atoms with Gasteiger partial charge in [0.15, 0.2) is 0 Å². The Morgan fingerprint density at radius 1 is 1.18 bits per heavy atom.